The molecule has 0 aromatic heterocycles. The van der Waals surface area contributed by atoms with Crippen LogP contribution in [0.15, 0.2) is 11.6 Å². The van der Waals surface area contributed by atoms with E-state index < -0.39 is 0 Å². The number of nitrogens with zero attached hydrogens (tertiary/aromatic N) is 1. The van der Waals surface area contributed by atoms with E-state index >= 15 is 0 Å². The summed E-state index contributed by atoms with van der Waals surface area (Å²) in [5.74, 6) is -0.191. The van der Waals surface area contributed by atoms with Crippen LogP contribution in [0.3, 0.4) is 0 Å². The van der Waals surface area contributed by atoms with Crippen LogP contribution in [0.4, 0.5) is 0 Å². The summed E-state index contributed by atoms with van der Waals surface area (Å²) in [5.41, 5.74) is 1.19. The second kappa shape index (κ2) is 6.20. The SMILES string of the molecule is CCC(=CCN1CCCC(C)(C)C1)C(=O)OC. The van der Waals surface area contributed by atoms with Gasteiger partial charge in [0.1, 0.15) is 0 Å². The Morgan fingerprint density at radius 2 is 2.18 bits per heavy atom. The van der Waals surface area contributed by atoms with E-state index in [1.165, 1.54) is 20.0 Å². The molecule has 0 radical (unpaired) electrons. The third-order valence-electron chi connectivity index (χ3n) is 3.40. The van der Waals surface area contributed by atoms with E-state index in [2.05, 4.69) is 18.7 Å². The van der Waals surface area contributed by atoms with Crippen LogP contribution in [0, 0.1) is 5.41 Å². The molecule has 1 aliphatic rings. The number of carbonyl (C=O) groups excluding carboxylic acids is 1. The number of ether oxygens (including phenoxy) is 1. The first-order chi connectivity index (χ1) is 7.98. The molecule has 1 saturated heterocycles. The van der Waals surface area contributed by atoms with Gasteiger partial charge in [-0.15, -0.1) is 0 Å². The first-order valence-corrected chi connectivity index (χ1v) is 6.48. The van der Waals surface area contributed by atoms with Crippen LogP contribution < -0.4 is 0 Å². The summed E-state index contributed by atoms with van der Waals surface area (Å²) in [6.45, 7) is 9.72. The molecule has 0 aliphatic carbocycles. The molecule has 3 nitrogen and oxygen atoms in total. The minimum absolute atomic E-state index is 0.191. The fourth-order valence-corrected chi connectivity index (χ4v) is 2.44. The van der Waals surface area contributed by atoms with Crippen LogP contribution in [0.1, 0.15) is 40.0 Å². The van der Waals surface area contributed by atoms with Crippen molar-refractivity contribution in [2.45, 2.75) is 40.0 Å². The lowest BCUT2D eigenvalue weighted by molar-refractivity contribution is -0.136. The van der Waals surface area contributed by atoms with Crippen LogP contribution in [-0.4, -0.2) is 37.6 Å². The first kappa shape index (κ1) is 14.2. The number of rotatable bonds is 4. The molecule has 0 spiro atoms. The highest BCUT2D eigenvalue weighted by molar-refractivity contribution is 5.88. The second-order valence-corrected chi connectivity index (χ2v) is 5.58. The third-order valence-corrected chi connectivity index (χ3v) is 3.40. The van der Waals surface area contributed by atoms with E-state index in [9.17, 15) is 4.79 Å². The smallest absolute Gasteiger partial charge is 0.333 e. The highest BCUT2D eigenvalue weighted by Gasteiger charge is 2.25. The highest BCUT2D eigenvalue weighted by Crippen LogP contribution is 2.28. The molecular formula is C14H25NO2. The zero-order valence-corrected chi connectivity index (χ0v) is 11.6. The summed E-state index contributed by atoms with van der Waals surface area (Å²) < 4.78 is 4.76. The topological polar surface area (TPSA) is 29.5 Å². The molecular weight excluding hydrogens is 214 g/mol. The van der Waals surface area contributed by atoms with Crippen LogP contribution in [0.5, 0.6) is 0 Å². The maximum atomic E-state index is 11.4. The summed E-state index contributed by atoms with van der Waals surface area (Å²) in [4.78, 5) is 13.9. The molecule has 0 atom stereocenters. The molecule has 0 bridgehead atoms. The van der Waals surface area contributed by atoms with Gasteiger partial charge in [0.05, 0.1) is 7.11 Å². The second-order valence-electron chi connectivity index (χ2n) is 5.58. The van der Waals surface area contributed by atoms with Gasteiger partial charge in [-0.25, -0.2) is 4.79 Å². The molecule has 0 unspecified atom stereocenters. The van der Waals surface area contributed by atoms with Gasteiger partial charge in [0.2, 0.25) is 0 Å². The summed E-state index contributed by atoms with van der Waals surface area (Å²) >= 11 is 0. The monoisotopic (exact) mass is 239 g/mol. The van der Waals surface area contributed by atoms with Gasteiger partial charge in [0.25, 0.3) is 0 Å². The molecule has 0 N–H and O–H groups in total. The summed E-state index contributed by atoms with van der Waals surface area (Å²) in [5, 5.41) is 0. The standard InChI is InChI=1S/C14H25NO2/c1-5-12(13(16)17-4)7-10-15-9-6-8-14(2,3)11-15/h7H,5-6,8-11H2,1-4H3. The highest BCUT2D eigenvalue weighted by atomic mass is 16.5. The fraction of sp³-hybridized carbons (Fsp3) is 0.786. The average Bonchev–Trinajstić information content (AvgIpc) is 2.28. The van der Waals surface area contributed by atoms with Gasteiger partial charge < -0.3 is 4.74 Å². The lowest BCUT2D eigenvalue weighted by Gasteiger charge is -2.37. The predicted molar refractivity (Wildman–Crippen MR) is 69.8 cm³/mol. The molecule has 3 heteroatoms. The lowest BCUT2D eigenvalue weighted by atomic mass is 9.84. The Morgan fingerprint density at radius 3 is 2.71 bits per heavy atom. The van der Waals surface area contributed by atoms with Crippen LogP contribution >= 0.6 is 0 Å². The van der Waals surface area contributed by atoms with Crippen molar-refractivity contribution in [2.75, 3.05) is 26.7 Å². The normalized spacial score (nSPS) is 21.3. The van der Waals surface area contributed by atoms with Gasteiger partial charge in [-0.05, 0) is 31.2 Å². The Hall–Kier alpha value is -0.830. The number of methoxy groups -OCH3 is 1. The Morgan fingerprint density at radius 1 is 1.47 bits per heavy atom. The zero-order valence-electron chi connectivity index (χ0n) is 11.6. The number of hydrogen-bond acceptors (Lipinski definition) is 3. The molecule has 0 aromatic carbocycles. The number of hydrogen-bond donors (Lipinski definition) is 0. The van der Waals surface area contributed by atoms with Gasteiger partial charge in [-0.2, -0.15) is 0 Å². The van der Waals surface area contributed by atoms with E-state index in [-0.39, 0.29) is 5.97 Å². The van der Waals surface area contributed by atoms with E-state index in [0.29, 0.717) is 5.41 Å². The van der Waals surface area contributed by atoms with Crippen molar-refractivity contribution in [1.29, 1.82) is 0 Å². The maximum absolute atomic E-state index is 11.4. The third kappa shape index (κ3) is 4.50. The summed E-state index contributed by atoms with van der Waals surface area (Å²) in [6.07, 6.45) is 5.31. The minimum atomic E-state index is -0.191. The van der Waals surface area contributed by atoms with Gasteiger partial charge in [0, 0.05) is 18.7 Å². The average molecular weight is 239 g/mol. The Balaban J connectivity index is 2.53. The summed E-state index contributed by atoms with van der Waals surface area (Å²) in [6, 6.07) is 0. The molecule has 98 valence electrons. The maximum Gasteiger partial charge on any atom is 0.333 e. The Bertz CT molecular complexity index is 295. The van der Waals surface area contributed by atoms with Crippen molar-refractivity contribution in [2.24, 2.45) is 5.41 Å². The van der Waals surface area contributed by atoms with Gasteiger partial charge in [-0.3, -0.25) is 4.90 Å². The summed E-state index contributed by atoms with van der Waals surface area (Å²) in [7, 11) is 1.44. The Labute approximate surface area is 105 Å². The van der Waals surface area contributed by atoms with Crippen molar-refractivity contribution in [3.05, 3.63) is 11.6 Å². The molecule has 0 amide bonds. The number of esters is 1. The van der Waals surface area contributed by atoms with E-state index in [1.807, 2.05) is 13.0 Å². The Kier molecular flexibility index (Phi) is 5.19. The minimum Gasteiger partial charge on any atom is -0.466 e. The van der Waals surface area contributed by atoms with Gasteiger partial charge in [-0.1, -0.05) is 26.8 Å². The number of piperidine rings is 1. The van der Waals surface area contributed by atoms with Crippen molar-refractivity contribution in [3.63, 3.8) is 0 Å². The van der Waals surface area contributed by atoms with Crippen LogP contribution in [0.2, 0.25) is 0 Å². The predicted octanol–water partition coefficient (Wildman–Crippen LogP) is 2.62. The number of carbonyl (C=O) groups is 1. The van der Waals surface area contributed by atoms with Gasteiger partial charge in [0.15, 0.2) is 0 Å². The molecule has 1 aliphatic heterocycles. The van der Waals surface area contributed by atoms with Crippen LogP contribution in [0.25, 0.3) is 0 Å². The van der Waals surface area contributed by atoms with E-state index in [0.717, 1.165) is 31.6 Å². The zero-order chi connectivity index (χ0) is 12.9. The van der Waals surface area contributed by atoms with E-state index in [4.69, 9.17) is 4.74 Å². The first-order valence-electron chi connectivity index (χ1n) is 6.48. The van der Waals surface area contributed by atoms with Crippen molar-refractivity contribution >= 4 is 5.97 Å². The molecule has 0 aromatic rings. The molecule has 1 rings (SSSR count). The number of likely N-dealkylation sites (tertiary alicyclic amines) is 1. The molecule has 1 fully saturated rings. The lowest BCUT2D eigenvalue weighted by Crippen LogP contribution is -2.40. The van der Waals surface area contributed by atoms with E-state index in [1.54, 1.807) is 0 Å². The van der Waals surface area contributed by atoms with Crippen molar-refractivity contribution in [1.82, 2.24) is 4.90 Å². The molecule has 17 heavy (non-hydrogen) atoms. The molecule has 1 heterocycles. The quantitative estimate of drug-likeness (QED) is 0.558. The van der Waals surface area contributed by atoms with Crippen molar-refractivity contribution < 1.29 is 9.53 Å². The fourth-order valence-electron chi connectivity index (χ4n) is 2.44. The largest absolute Gasteiger partial charge is 0.466 e. The van der Waals surface area contributed by atoms with Crippen LogP contribution in [-0.2, 0) is 9.53 Å². The van der Waals surface area contributed by atoms with Crippen molar-refractivity contribution in [3.8, 4) is 0 Å². The molecule has 0 saturated carbocycles. The van der Waals surface area contributed by atoms with Gasteiger partial charge >= 0.3 is 5.97 Å².